The molecule has 0 unspecified atom stereocenters. The van der Waals surface area contributed by atoms with Crippen molar-refractivity contribution in [2.45, 2.75) is 0 Å². The van der Waals surface area contributed by atoms with Gasteiger partial charge in [0.05, 0.1) is 6.26 Å². The van der Waals surface area contributed by atoms with Crippen LogP contribution in [0.4, 0.5) is 5.95 Å². The highest BCUT2D eigenvalue weighted by Crippen LogP contribution is 2.22. The fourth-order valence-corrected chi connectivity index (χ4v) is 1.96. The minimum atomic E-state index is 0.0269. The summed E-state index contributed by atoms with van der Waals surface area (Å²) in [4.78, 5) is 12.4. The third-order valence-corrected chi connectivity index (χ3v) is 3.00. The van der Waals surface area contributed by atoms with Gasteiger partial charge in [-0.15, -0.1) is 5.10 Å². The smallest absolute Gasteiger partial charge is 0.328 e. The van der Waals surface area contributed by atoms with Crippen molar-refractivity contribution in [2.24, 2.45) is 0 Å². The Labute approximate surface area is 129 Å². The molecule has 9 nitrogen and oxygen atoms in total. The molecule has 0 bridgehead atoms. The normalized spacial score (nSPS) is 11.0. The number of anilines is 1. The number of furan rings is 1. The predicted molar refractivity (Wildman–Crippen MR) is 78.9 cm³/mol. The summed E-state index contributed by atoms with van der Waals surface area (Å²) in [5.74, 6) is 1.74. The first-order valence-electron chi connectivity index (χ1n) is 6.60. The van der Waals surface area contributed by atoms with Gasteiger partial charge in [0.25, 0.3) is 5.78 Å². The molecule has 0 aliphatic rings. The Kier molecular flexibility index (Phi) is 2.83. The van der Waals surface area contributed by atoms with E-state index in [4.69, 9.17) is 14.9 Å². The van der Waals surface area contributed by atoms with Crippen LogP contribution >= 0.6 is 0 Å². The highest BCUT2D eigenvalue weighted by molar-refractivity contribution is 5.51. The number of benzene rings is 1. The average Bonchev–Trinajstić information content (AvgIpc) is 3.18. The van der Waals surface area contributed by atoms with Crippen molar-refractivity contribution in [3.05, 3.63) is 42.7 Å². The Morgan fingerprint density at radius 1 is 1.09 bits per heavy atom. The van der Waals surface area contributed by atoms with E-state index in [2.05, 4.69) is 20.1 Å². The number of hydrogen-bond acceptors (Lipinski definition) is 8. The fraction of sp³-hybridized carbons (Fsp3) is 0. The van der Waals surface area contributed by atoms with Gasteiger partial charge in [-0.3, -0.25) is 0 Å². The Balaban J connectivity index is 1.73. The van der Waals surface area contributed by atoms with Gasteiger partial charge in [0.2, 0.25) is 11.8 Å². The van der Waals surface area contributed by atoms with Crippen molar-refractivity contribution in [1.29, 1.82) is 0 Å². The zero-order chi connectivity index (χ0) is 15.8. The predicted octanol–water partition coefficient (Wildman–Crippen LogP) is 1.86. The molecular weight excluding hydrogens is 300 g/mol. The van der Waals surface area contributed by atoms with Crippen LogP contribution < -0.4 is 10.5 Å². The van der Waals surface area contributed by atoms with E-state index in [0.717, 1.165) is 0 Å². The van der Waals surface area contributed by atoms with E-state index in [-0.39, 0.29) is 23.5 Å². The van der Waals surface area contributed by atoms with Crippen LogP contribution in [0.5, 0.6) is 17.5 Å². The number of nitrogen functional groups attached to an aromatic ring is 1. The van der Waals surface area contributed by atoms with Gasteiger partial charge in [-0.25, -0.2) is 0 Å². The van der Waals surface area contributed by atoms with E-state index in [9.17, 15) is 5.11 Å². The van der Waals surface area contributed by atoms with Crippen molar-refractivity contribution < 1.29 is 14.3 Å². The maximum atomic E-state index is 9.26. The average molecular weight is 310 g/mol. The van der Waals surface area contributed by atoms with E-state index in [0.29, 0.717) is 17.3 Å². The number of nitrogens with two attached hydrogens (primary N) is 1. The molecule has 3 aromatic heterocycles. The van der Waals surface area contributed by atoms with Gasteiger partial charge in [-0.05, 0) is 36.4 Å². The van der Waals surface area contributed by atoms with Gasteiger partial charge in [0.15, 0.2) is 5.76 Å². The van der Waals surface area contributed by atoms with Crippen LogP contribution in [0, 0.1) is 0 Å². The van der Waals surface area contributed by atoms with Crippen LogP contribution in [0.2, 0.25) is 0 Å². The summed E-state index contributed by atoms with van der Waals surface area (Å²) in [6, 6.07) is 9.63. The minimum absolute atomic E-state index is 0.0269. The maximum absolute atomic E-state index is 9.26. The number of phenols is 1. The number of phenolic OH excluding ortho intramolecular Hbond substituents is 1. The van der Waals surface area contributed by atoms with Gasteiger partial charge in [0, 0.05) is 0 Å². The lowest BCUT2D eigenvalue weighted by Crippen LogP contribution is -2.05. The molecule has 4 aromatic rings. The van der Waals surface area contributed by atoms with Gasteiger partial charge < -0.3 is 20.0 Å². The lowest BCUT2D eigenvalue weighted by atomic mass is 10.3. The Hall–Kier alpha value is -3.62. The van der Waals surface area contributed by atoms with Crippen LogP contribution in [0.1, 0.15) is 0 Å². The summed E-state index contributed by atoms with van der Waals surface area (Å²) < 4.78 is 12.0. The summed E-state index contributed by atoms with van der Waals surface area (Å²) in [5, 5.41) is 13.5. The highest BCUT2D eigenvalue weighted by Gasteiger charge is 2.14. The van der Waals surface area contributed by atoms with Crippen molar-refractivity contribution in [3.63, 3.8) is 0 Å². The Morgan fingerprint density at radius 2 is 1.91 bits per heavy atom. The number of fused-ring (bicyclic) bond motifs is 1. The van der Waals surface area contributed by atoms with Gasteiger partial charge >= 0.3 is 6.01 Å². The molecule has 0 aliphatic heterocycles. The number of aromatic hydroxyl groups is 1. The van der Waals surface area contributed by atoms with Crippen LogP contribution in [-0.4, -0.2) is 29.7 Å². The molecule has 0 amide bonds. The Bertz CT molecular complexity index is 962. The van der Waals surface area contributed by atoms with Crippen LogP contribution in [-0.2, 0) is 0 Å². The number of aromatic nitrogens is 5. The zero-order valence-corrected chi connectivity index (χ0v) is 11.6. The molecule has 0 saturated heterocycles. The number of ether oxygens (including phenoxy) is 1. The van der Waals surface area contributed by atoms with E-state index >= 15 is 0 Å². The maximum Gasteiger partial charge on any atom is 0.328 e. The van der Waals surface area contributed by atoms with Crippen molar-refractivity contribution in [2.75, 3.05) is 5.73 Å². The second kappa shape index (κ2) is 4.98. The molecule has 0 fully saturated rings. The summed E-state index contributed by atoms with van der Waals surface area (Å²) >= 11 is 0. The molecule has 3 N–H and O–H groups in total. The number of rotatable bonds is 3. The first-order valence-corrected chi connectivity index (χ1v) is 6.60. The van der Waals surface area contributed by atoms with Gasteiger partial charge in [-0.1, -0.05) is 0 Å². The largest absolute Gasteiger partial charge is 0.508 e. The second-order valence-corrected chi connectivity index (χ2v) is 4.58. The fourth-order valence-electron chi connectivity index (χ4n) is 1.96. The van der Waals surface area contributed by atoms with Crippen LogP contribution in [0.15, 0.2) is 47.1 Å². The quantitative estimate of drug-likeness (QED) is 0.587. The van der Waals surface area contributed by atoms with Crippen molar-refractivity contribution in [3.8, 4) is 29.1 Å². The van der Waals surface area contributed by atoms with Crippen molar-refractivity contribution in [1.82, 2.24) is 24.6 Å². The summed E-state index contributed by atoms with van der Waals surface area (Å²) in [5.41, 5.74) is 5.86. The molecule has 0 aliphatic carbocycles. The van der Waals surface area contributed by atoms with Gasteiger partial charge in [0.1, 0.15) is 11.5 Å². The van der Waals surface area contributed by atoms with Crippen LogP contribution in [0.3, 0.4) is 0 Å². The second-order valence-electron chi connectivity index (χ2n) is 4.58. The standard InChI is InChI=1S/C14H10N6O3/c15-12-17-14(23-9-5-3-8(21)4-6-9)18-13-16-11(19-20(12)13)10-2-1-7-22-10/h1-7,21H,(H2,15,16,17,18,19). The topological polar surface area (TPSA) is 125 Å². The SMILES string of the molecule is Nc1nc(Oc2ccc(O)cc2)nc2nc(-c3ccco3)nn12. The molecule has 0 saturated carbocycles. The monoisotopic (exact) mass is 310 g/mol. The molecule has 23 heavy (non-hydrogen) atoms. The van der Waals surface area contributed by atoms with E-state index in [1.54, 1.807) is 24.3 Å². The highest BCUT2D eigenvalue weighted by atomic mass is 16.5. The van der Waals surface area contributed by atoms with Crippen molar-refractivity contribution >= 4 is 11.7 Å². The lowest BCUT2D eigenvalue weighted by Gasteiger charge is -2.04. The van der Waals surface area contributed by atoms with Gasteiger partial charge in [-0.2, -0.15) is 19.5 Å². The molecule has 0 atom stereocenters. The van der Waals surface area contributed by atoms with E-state index in [1.165, 1.54) is 22.9 Å². The third-order valence-electron chi connectivity index (χ3n) is 3.00. The molecule has 1 aromatic carbocycles. The first-order chi connectivity index (χ1) is 11.2. The molecular formula is C14H10N6O3. The van der Waals surface area contributed by atoms with Crippen LogP contribution in [0.25, 0.3) is 17.4 Å². The van der Waals surface area contributed by atoms with E-state index < -0.39 is 0 Å². The zero-order valence-electron chi connectivity index (χ0n) is 11.6. The number of nitrogens with zero attached hydrogens (tertiary/aromatic N) is 5. The number of hydrogen-bond donors (Lipinski definition) is 2. The first kappa shape index (κ1) is 13.1. The summed E-state index contributed by atoms with van der Waals surface area (Å²) in [6.07, 6.45) is 1.52. The molecule has 0 radical (unpaired) electrons. The molecule has 3 heterocycles. The molecule has 0 spiro atoms. The summed E-state index contributed by atoms with van der Waals surface area (Å²) in [7, 11) is 0. The Morgan fingerprint density at radius 3 is 2.65 bits per heavy atom. The van der Waals surface area contributed by atoms with E-state index in [1.807, 2.05) is 0 Å². The molecule has 4 rings (SSSR count). The lowest BCUT2D eigenvalue weighted by molar-refractivity contribution is 0.437. The molecule has 114 valence electrons. The summed E-state index contributed by atoms with van der Waals surface area (Å²) in [6.45, 7) is 0. The minimum Gasteiger partial charge on any atom is -0.508 e. The molecule has 9 heteroatoms. The third kappa shape index (κ3) is 2.39.